The average Bonchev–Trinajstić information content (AvgIpc) is 3.49. The molecule has 5 heteroatoms. The Kier molecular flexibility index (Phi) is 17.7. The van der Waals surface area contributed by atoms with E-state index in [9.17, 15) is 4.79 Å². The van der Waals surface area contributed by atoms with E-state index in [1.54, 1.807) is 29.4 Å². The molecule has 0 aliphatic carbocycles. The number of amides is 1. The van der Waals surface area contributed by atoms with Crippen LogP contribution in [0.4, 0.5) is 0 Å². The number of carbonyl (C=O) groups is 1. The maximum absolute atomic E-state index is 12.9. The number of thiophene rings is 1. The Morgan fingerprint density at radius 2 is 1.54 bits per heavy atom. The SMILES string of the molecule is C=C(c1ccccc1)N(C/C(=C/CC)NC)C(=O)/C(=C\C)NC.C=C=Cc1ccc(-c2ccccc2)s1.CCCC. The van der Waals surface area contributed by atoms with Crippen molar-refractivity contribution in [2.75, 3.05) is 20.6 Å². The number of allylic oxidation sites excluding steroid dienone is 2. The van der Waals surface area contributed by atoms with Crippen LogP contribution >= 0.6 is 11.3 Å². The molecule has 0 aliphatic heterocycles. The minimum Gasteiger partial charge on any atom is -0.390 e. The Bertz CT molecular complexity index is 1280. The van der Waals surface area contributed by atoms with Gasteiger partial charge in [-0.25, -0.2) is 0 Å². The van der Waals surface area contributed by atoms with Gasteiger partial charge in [-0.1, -0.05) is 120 Å². The number of likely N-dealkylation sites (N-methyl/N-ethyl adjacent to an activating group) is 2. The maximum Gasteiger partial charge on any atom is 0.274 e. The Morgan fingerprint density at radius 1 is 0.927 bits per heavy atom. The summed E-state index contributed by atoms with van der Waals surface area (Å²) in [4.78, 5) is 17.0. The van der Waals surface area contributed by atoms with E-state index in [1.807, 2.05) is 56.4 Å². The van der Waals surface area contributed by atoms with Gasteiger partial charge in [-0.05, 0) is 42.7 Å². The Morgan fingerprint density at radius 3 is 2.02 bits per heavy atom. The van der Waals surface area contributed by atoms with Crippen molar-refractivity contribution in [3.8, 4) is 10.4 Å². The fourth-order valence-electron chi connectivity index (χ4n) is 3.55. The fraction of sp³-hybridized carbons (Fsp3) is 0.278. The van der Waals surface area contributed by atoms with E-state index in [-0.39, 0.29) is 5.91 Å². The summed E-state index contributed by atoms with van der Waals surface area (Å²) in [6.45, 7) is 16.4. The van der Waals surface area contributed by atoms with Crippen LogP contribution in [0.15, 0.2) is 115 Å². The molecule has 0 unspecified atom stereocenters. The molecule has 0 saturated heterocycles. The Labute approximate surface area is 252 Å². The van der Waals surface area contributed by atoms with Gasteiger partial charge in [-0.15, -0.1) is 17.1 Å². The zero-order valence-electron chi connectivity index (χ0n) is 25.7. The van der Waals surface area contributed by atoms with Crippen molar-refractivity contribution in [2.45, 2.75) is 47.0 Å². The normalized spacial score (nSPS) is 10.6. The van der Waals surface area contributed by atoms with Crippen molar-refractivity contribution in [2.24, 2.45) is 0 Å². The van der Waals surface area contributed by atoms with E-state index >= 15 is 0 Å². The number of nitrogens with zero attached hydrogens (tertiary/aromatic N) is 1. The summed E-state index contributed by atoms with van der Waals surface area (Å²) in [6.07, 6.45) is 9.29. The highest BCUT2D eigenvalue weighted by Gasteiger charge is 2.21. The third-order valence-corrected chi connectivity index (χ3v) is 7.08. The van der Waals surface area contributed by atoms with Gasteiger partial charge in [0, 0.05) is 35.2 Å². The van der Waals surface area contributed by atoms with E-state index < -0.39 is 0 Å². The molecule has 0 atom stereocenters. The minimum atomic E-state index is -0.0962. The minimum absolute atomic E-state index is 0.0962. The molecule has 0 saturated carbocycles. The van der Waals surface area contributed by atoms with Crippen molar-refractivity contribution in [1.29, 1.82) is 0 Å². The highest BCUT2D eigenvalue weighted by atomic mass is 32.1. The molecule has 1 aromatic heterocycles. The van der Waals surface area contributed by atoms with Crippen LogP contribution in [0.5, 0.6) is 0 Å². The number of hydrogen-bond acceptors (Lipinski definition) is 4. The van der Waals surface area contributed by atoms with Crippen LogP contribution in [0.2, 0.25) is 0 Å². The lowest BCUT2D eigenvalue weighted by Gasteiger charge is -2.27. The smallest absolute Gasteiger partial charge is 0.274 e. The topological polar surface area (TPSA) is 44.4 Å². The second kappa shape index (κ2) is 20.8. The molecule has 0 bridgehead atoms. The van der Waals surface area contributed by atoms with Crippen LogP contribution in [0.1, 0.15) is 57.4 Å². The van der Waals surface area contributed by atoms with Gasteiger partial charge in [0.05, 0.1) is 12.2 Å². The summed E-state index contributed by atoms with van der Waals surface area (Å²) in [6, 6.07) is 24.3. The van der Waals surface area contributed by atoms with Crippen LogP contribution < -0.4 is 10.6 Å². The first-order chi connectivity index (χ1) is 19.9. The molecule has 3 aromatic rings. The predicted octanol–water partition coefficient (Wildman–Crippen LogP) is 9.14. The predicted molar refractivity (Wildman–Crippen MR) is 181 cm³/mol. The molecule has 1 amide bonds. The van der Waals surface area contributed by atoms with E-state index in [0.29, 0.717) is 17.9 Å². The molecule has 0 radical (unpaired) electrons. The van der Waals surface area contributed by atoms with Gasteiger partial charge in [0.25, 0.3) is 5.91 Å². The zero-order valence-corrected chi connectivity index (χ0v) is 26.5. The average molecular weight is 570 g/mol. The van der Waals surface area contributed by atoms with E-state index in [2.05, 4.69) is 92.8 Å². The van der Waals surface area contributed by atoms with Crippen molar-refractivity contribution in [3.05, 3.63) is 126 Å². The number of rotatable bonds is 11. The van der Waals surface area contributed by atoms with Crippen molar-refractivity contribution < 1.29 is 4.79 Å². The molecule has 2 aromatic carbocycles. The van der Waals surface area contributed by atoms with Crippen LogP contribution in [-0.2, 0) is 4.79 Å². The van der Waals surface area contributed by atoms with Gasteiger partial charge in [-0.3, -0.25) is 4.79 Å². The van der Waals surface area contributed by atoms with Gasteiger partial charge in [0.15, 0.2) is 0 Å². The van der Waals surface area contributed by atoms with Gasteiger partial charge in [-0.2, -0.15) is 0 Å². The summed E-state index contributed by atoms with van der Waals surface area (Å²) in [7, 11) is 3.61. The number of unbranched alkanes of at least 4 members (excludes halogenated alkanes) is 1. The lowest BCUT2D eigenvalue weighted by molar-refractivity contribution is -0.124. The molecule has 2 N–H and O–H groups in total. The largest absolute Gasteiger partial charge is 0.390 e. The van der Waals surface area contributed by atoms with E-state index in [0.717, 1.165) is 17.7 Å². The summed E-state index contributed by atoms with van der Waals surface area (Å²) < 4.78 is 0. The molecule has 218 valence electrons. The van der Waals surface area contributed by atoms with Crippen LogP contribution in [0.3, 0.4) is 0 Å². The summed E-state index contributed by atoms with van der Waals surface area (Å²) in [5.74, 6) is -0.0962. The van der Waals surface area contributed by atoms with E-state index in [4.69, 9.17) is 0 Å². The first-order valence-electron chi connectivity index (χ1n) is 14.2. The van der Waals surface area contributed by atoms with Crippen LogP contribution in [0.25, 0.3) is 22.2 Å². The standard InChI is InChI=1S/C19H27N3O.C13H10S.C4H10/c1-6-11-17(20-4)14-22(19(23)18(7-2)21-5)15(3)16-12-9-8-10-13-16;1-2-6-12-9-10-13(14-12)11-7-4-3-5-8-11;1-3-4-2/h7-13,20-21H,3,6,14H2,1-2,4-5H3;3-10H,1H2;3-4H2,1-2H3/b17-11-,18-7+;;. The third-order valence-electron chi connectivity index (χ3n) is 6.00. The molecule has 0 fully saturated rings. The Balaban J connectivity index is 0.000000392. The molecule has 0 spiro atoms. The van der Waals surface area contributed by atoms with Crippen LogP contribution in [-0.4, -0.2) is 31.4 Å². The van der Waals surface area contributed by atoms with Gasteiger partial charge < -0.3 is 15.5 Å². The second-order valence-electron chi connectivity index (χ2n) is 8.96. The number of carbonyl (C=O) groups excluding carboxylic acids is 1. The lowest BCUT2D eigenvalue weighted by Crippen LogP contribution is -2.37. The number of nitrogens with one attached hydrogen (secondary N) is 2. The molecule has 0 aliphatic rings. The van der Waals surface area contributed by atoms with Crippen molar-refractivity contribution in [1.82, 2.24) is 15.5 Å². The Hall–Kier alpha value is -4.05. The van der Waals surface area contributed by atoms with Crippen LogP contribution in [0, 0.1) is 0 Å². The quantitative estimate of drug-likeness (QED) is 0.179. The molecule has 4 nitrogen and oxygen atoms in total. The molecule has 41 heavy (non-hydrogen) atoms. The summed E-state index contributed by atoms with van der Waals surface area (Å²) >= 11 is 1.75. The first kappa shape index (κ1) is 35.0. The summed E-state index contributed by atoms with van der Waals surface area (Å²) in [5.41, 5.74) is 7.20. The van der Waals surface area contributed by atoms with Gasteiger partial charge >= 0.3 is 0 Å². The molecular formula is C36H47N3OS. The molecular weight excluding hydrogens is 522 g/mol. The lowest BCUT2D eigenvalue weighted by atomic mass is 10.1. The first-order valence-corrected chi connectivity index (χ1v) is 15.0. The second-order valence-corrected chi connectivity index (χ2v) is 10.1. The molecule has 1 heterocycles. The van der Waals surface area contributed by atoms with Gasteiger partial charge in [0.2, 0.25) is 0 Å². The number of hydrogen-bond donors (Lipinski definition) is 2. The highest BCUT2D eigenvalue weighted by Crippen LogP contribution is 2.28. The van der Waals surface area contributed by atoms with Gasteiger partial charge in [0.1, 0.15) is 0 Å². The number of benzene rings is 2. The molecule has 3 rings (SSSR count). The maximum atomic E-state index is 12.9. The van der Waals surface area contributed by atoms with Crippen molar-refractivity contribution in [3.63, 3.8) is 0 Å². The highest BCUT2D eigenvalue weighted by molar-refractivity contribution is 7.16. The fourth-order valence-corrected chi connectivity index (χ4v) is 4.47. The zero-order chi connectivity index (χ0) is 30.5. The monoisotopic (exact) mass is 569 g/mol. The van der Waals surface area contributed by atoms with E-state index in [1.165, 1.54) is 28.2 Å². The van der Waals surface area contributed by atoms with Crippen molar-refractivity contribution >= 4 is 29.0 Å². The third kappa shape index (κ3) is 12.3. The summed E-state index contributed by atoms with van der Waals surface area (Å²) in [5, 5.41) is 6.11.